The molecule has 2 N–H and O–H groups in total. The predicted molar refractivity (Wildman–Crippen MR) is 66.1 cm³/mol. The average Bonchev–Trinajstić information content (AvgIpc) is 2.26. The maximum atomic E-state index is 12.1. The highest BCUT2D eigenvalue weighted by Gasteiger charge is 2.29. The number of carbonyl (C=O) groups is 1. The van der Waals surface area contributed by atoms with Gasteiger partial charge in [-0.05, 0) is 19.4 Å². The number of hydrogen-bond donors (Lipinski definition) is 1. The van der Waals surface area contributed by atoms with Gasteiger partial charge in [-0.1, -0.05) is 20.8 Å². The lowest BCUT2D eigenvalue weighted by atomic mass is 10.0. The summed E-state index contributed by atoms with van der Waals surface area (Å²) >= 11 is 0. The van der Waals surface area contributed by atoms with Gasteiger partial charge in [-0.15, -0.1) is 0 Å². The van der Waals surface area contributed by atoms with E-state index >= 15 is 0 Å². The summed E-state index contributed by atoms with van der Waals surface area (Å²) in [5.41, 5.74) is 5.90. The van der Waals surface area contributed by atoms with Gasteiger partial charge >= 0.3 is 0 Å². The molecule has 0 spiro atoms. The van der Waals surface area contributed by atoms with Gasteiger partial charge in [0.25, 0.3) is 0 Å². The van der Waals surface area contributed by atoms with Crippen LogP contribution in [0.4, 0.5) is 0 Å². The molecule has 0 saturated carbocycles. The van der Waals surface area contributed by atoms with Crippen molar-refractivity contribution >= 4 is 5.91 Å². The number of carbonyl (C=O) groups excluding carboxylic acids is 1. The van der Waals surface area contributed by atoms with Crippen LogP contribution in [0.2, 0.25) is 0 Å². The fraction of sp³-hybridized carbons (Fsp3) is 0.917. The van der Waals surface area contributed by atoms with Crippen molar-refractivity contribution in [2.45, 2.75) is 39.8 Å². The van der Waals surface area contributed by atoms with E-state index in [0.717, 1.165) is 26.2 Å². The third-order valence-corrected chi connectivity index (χ3v) is 3.49. The summed E-state index contributed by atoms with van der Waals surface area (Å²) in [6.45, 7) is 12.0. The second-order valence-electron chi connectivity index (χ2n) is 5.03. The molecule has 1 fully saturated rings. The molecule has 1 rings (SSSR count). The van der Waals surface area contributed by atoms with Crippen LogP contribution in [0, 0.1) is 5.92 Å². The Morgan fingerprint density at radius 3 is 2.50 bits per heavy atom. The molecular formula is C12H25N3O. The highest BCUT2D eigenvalue weighted by molar-refractivity contribution is 5.82. The Labute approximate surface area is 98.8 Å². The van der Waals surface area contributed by atoms with E-state index < -0.39 is 0 Å². The summed E-state index contributed by atoms with van der Waals surface area (Å²) in [6.07, 6.45) is 0. The van der Waals surface area contributed by atoms with Gasteiger partial charge in [-0.2, -0.15) is 0 Å². The Bertz CT molecular complexity index is 242. The summed E-state index contributed by atoms with van der Waals surface area (Å²) in [4.78, 5) is 16.4. The number of hydrogen-bond acceptors (Lipinski definition) is 3. The lowest BCUT2D eigenvalue weighted by Crippen LogP contribution is -2.57. The Hall–Kier alpha value is -0.610. The molecular weight excluding hydrogens is 202 g/mol. The van der Waals surface area contributed by atoms with E-state index in [1.54, 1.807) is 0 Å². The first-order chi connectivity index (χ1) is 7.47. The van der Waals surface area contributed by atoms with Crippen LogP contribution in [0.15, 0.2) is 0 Å². The summed E-state index contributed by atoms with van der Waals surface area (Å²) < 4.78 is 0. The van der Waals surface area contributed by atoms with Gasteiger partial charge in [0, 0.05) is 25.7 Å². The van der Waals surface area contributed by atoms with Crippen molar-refractivity contribution in [1.82, 2.24) is 9.80 Å². The predicted octanol–water partition coefficient (Wildman–Crippen LogP) is 0.522. The zero-order chi connectivity index (χ0) is 12.3. The zero-order valence-corrected chi connectivity index (χ0v) is 10.9. The van der Waals surface area contributed by atoms with Crippen molar-refractivity contribution in [3.8, 4) is 0 Å². The molecule has 1 heterocycles. The summed E-state index contributed by atoms with van der Waals surface area (Å²) in [7, 11) is 0. The molecule has 1 saturated heterocycles. The van der Waals surface area contributed by atoms with Gasteiger partial charge in [0.15, 0.2) is 0 Å². The molecule has 1 aliphatic rings. The topological polar surface area (TPSA) is 49.6 Å². The molecule has 2 atom stereocenters. The molecule has 16 heavy (non-hydrogen) atoms. The van der Waals surface area contributed by atoms with Gasteiger partial charge in [0.05, 0.1) is 6.04 Å². The van der Waals surface area contributed by atoms with Gasteiger partial charge in [-0.25, -0.2) is 0 Å². The zero-order valence-electron chi connectivity index (χ0n) is 10.9. The highest BCUT2D eigenvalue weighted by atomic mass is 16.2. The lowest BCUT2D eigenvalue weighted by molar-refractivity contribution is -0.136. The number of amides is 1. The molecule has 1 amide bonds. The van der Waals surface area contributed by atoms with E-state index in [0.29, 0.717) is 6.04 Å². The Morgan fingerprint density at radius 2 is 2.06 bits per heavy atom. The molecule has 1 aliphatic heterocycles. The second-order valence-corrected chi connectivity index (χ2v) is 5.03. The second kappa shape index (κ2) is 5.64. The highest BCUT2D eigenvalue weighted by Crippen LogP contribution is 2.11. The Kier molecular flexibility index (Phi) is 4.74. The first kappa shape index (κ1) is 13.5. The quantitative estimate of drug-likeness (QED) is 0.765. The van der Waals surface area contributed by atoms with Gasteiger partial charge in [0.1, 0.15) is 0 Å². The summed E-state index contributed by atoms with van der Waals surface area (Å²) in [5, 5.41) is 0. The largest absolute Gasteiger partial charge is 0.338 e. The van der Waals surface area contributed by atoms with E-state index in [9.17, 15) is 4.79 Å². The van der Waals surface area contributed by atoms with Crippen molar-refractivity contribution < 1.29 is 4.79 Å². The van der Waals surface area contributed by atoms with Crippen molar-refractivity contribution in [2.24, 2.45) is 11.7 Å². The lowest BCUT2D eigenvalue weighted by Gasteiger charge is -2.40. The van der Waals surface area contributed by atoms with Crippen LogP contribution in [0.25, 0.3) is 0 Å². The van der Waals surface area contributed by atoms with Gasteiger partial charge in [-0.3, -0.25) is 9.69 Å². The fourth-order valence-corrected chi connectivity index (χ4v) is 2.16. The molecule has 0 aromatic heterocycles. The van der Waals surface area contributed by atoms with Crippen molar-refractivity contribution in [1.29, 1.82) is 0 Å². The minimum Gasteiger partial charge on any atom is -0.338 e. The Balaban J connectivity index is 2.54. The Morgan fingerprint density at radius 1 is 1.44 bits per heavy atom. The van der Waals surface area contributed by atoms with Crippen LogP contribution in [-0.2, 0) is 4.79 Å². The van der Waals surface area contributed by atoms with Gasteiger partial charge < -0.3 is 10.6 Å². The maximum absolute atomic E-state index is 12.1. The molecule has 1 unspecified atom stereocenters. The van der Waals surface area contributed by atoms with Crippen LogP contribution in [0.3, 0.4) is 0 Å². The van der Waals surface area contributed by atoms with Crippen molar-refractivity contribution in [3.63, 3.8) is 0 Å². The molecule has 0 bridgehead atoms. The number of nitrogens with two attached hydrogens (primary N) is 1. The molecule has 0 aliphatic carbocycles. The molecule has 0 aromatic rings. The summed E-state index contributed by atoms with van der Waals surface area (Å²) in [6, 6.07) is 0.0995. The van der Waals surface area contributed by atoms with Crippen LogP contribution in [-0.4, -0.2) is 54.0 Å². The normalized spacial score (nSPS) is 24.9. The smallest absolute Gasteiger partial charge is 0.239 e. The van der Waals surface area contributed by atoms with Crippen LogP contribution in [0.1, 0.15) is 27.7 Å². The average molecular weight is 227 g/mol. The monoisotopic (exact) mass is 227 g/mol. The maximum Gasteiger partial charge on any atom is 0.239 e. The van der Waals surface area contributed by atoms with E-state index in [4.69, 9.17) is 5.73 Å². The van der Waals surface area contributed by atoms with Crippen LogP contribution >= 0.6 is 0 Å². The number of likely N-dealkylation sites (N-methyl/N-ethyl adjacent to an activating group) is 1. The van der Waals surface area contributed by atoms with E-state index in [1.807, 2.05) is 18.7 Å². The van der Waals surface area contributed by atoms with Gasteiger partial charge in [0.2, 0.25) is 5.91 Å². The SMILES string of the molecule is CCN1CCN(C(=O)[C@H](N)C(C)C)CC1C. The van der Waals surface area contributed by atoms with Crippen LogP contribution in [0.5, 0.6) is 0 Å². The molecule has 0 radical (unpaired) electrons. The molecule has 4 nitrogen and oxygen atoms in total. The van der Waals surface area contributed by atoms with E-state index in [2.05, 4.69) is 18.7 Å². The number of rotatable bonds is 3. The third kappa shape index (κ3) is 2.95. The first-order valence-corrected chi connectivity index (χ1v) is 6.25. The van der Waals surface area contributed by atoms with E-state index in [-0.39, 0.29) is 17.9 Å². The fourth-order valence-electron chi connectivity index (χ4n) is 2.16. The van der Waals surface area contributed by atoms with Crippen molar-refractivity contribution in [3.05, 3.63) is 0 Å². The minimum absolute atomic E-state index is 0.109. The molecule has 0 aromatic carbocycles. The summed E-state index contributed by atoms with van der Waals surface area (Å²) in [5.74, 6) is 0.324. The number of piperazine rings is 1. The minimum atomic E-state index is -0.347. The molecule has 4 heteroatoms. The third-order valence-electron chi connectivity index (χ3n) is 3.49. The first-order valence-electron chi connectivity index (χ1n) is 6.25. The van der Waals surface area contributed by atoms with Crippen molar-refractivity contribution in [2.75, 3.05) is 26.2 Å². The standard InChI is InChI=1S/C12H25N3O/c1-5-14-6-7-15(8-10(14)4)12(16)11(13)9(2)3/h9-11H,5-8,13H2,1-4H3/t10?,11-/m1/s1. The van der Waals surface area contributed by atoms with Crippen LogP contribution < -0.4 is 5.73 Å². The number of nitrogens with zero attached hydrogens (tertiary/aromatic N) is 2. The van der Waals surface area contributed by atoms with E-state index in [1.165, 1.54) is 0 Å². The molecule has 94 valence electrons.